The van der Waals surface area contributed by atoms with Gasteiger partial charge in [0, 0.05) is 51.3 Å². The van der Waals surface area contributed by atoms with Gasteiger partial charge in [0.2, 0.25) is 0 Å². The fourth-order valence-electron chi connectivity index (χ4n) is 4.44. The van der Waals surface area contributed by atoms with E-state index in [0.29, 0.717) is 17.7 Å². The molecule has 2 aromatic carbocycles. The first kappa shape index (κ1) is 22.1. The summed E-state index contributed by atoms with van der Waals surface area (Å²) in [5, 5.41) is 3.15. The number of rotatable bonds is 6. The summed E-state index contributed by atoms with van der Waals surface area (Å²) in [6.45, 7) is 2.86. The Kier molecular flexibility index (Phi) is 6.61. The quantitative estimate of drug-likeness (QED) is 0.548. The van der Waals surface area contributed by atoms with E-state index in [1.54, 1.807) is 12.1 Å². The van der Waals surface area contributed by atoms with Gasteiger partial charge in [-0.05, 0) is 47.9 Å². The second kappa shape index (κ2) is 9.57. The Morgan fingerprint density at radius 2 is 1.94 bits per heavy atom. The maximum absolute atomic E-state index is 12.9. The molecule has 0 amide bonds. The SMILES string of the molecule is CNc1ccc(CCN2CCC3(CC2)CC(=O)c2cc(C=CC(=O)OC)ccc2O3)cc1. The van der Waals surface area contributed by atoms with Gasteiger partial charge in [0.15, 0.2) is 5.78 Å². The number of nitrogens with zero attached hydrogens (tertiary/aromatic N) is 1. The second-order valence-electron chi connectivity index (χ2n) is 8.54. The van der Waals surface area contributed by atoms with Crippen molar-refractivity contribution in [2.24, 2.45) is 0 Å². The predicted molar refractivity (Wildman–Crippen MR) is 125 cm³/mol. The van der Waals surface area contributed by atoms with Gasteiger partial charge in [0.1, 0.15) is 11.4 Å². The summed E-state index contributed by atoms with van der Waals surface area (Å²) in [7, 11) is 3.26. The van der Waals surface area contributed by atoms with E-state index in [1.165, 1.54) is 18.7 Å². The molecule has 1 spiro atoms. The third kappa shape index (κ3) is 5.02. The van der Waals surface area contributed by atoms with Crippen LogP contribution in [-0.4, -0.2) is 56.0 Å². The van der Waals surface area contributed by atoms with E-state index >= 15 is 0 Å². The number of anilines is 1. The Morgan fingerprint density at radius 1 is 1.19 bits per heavy atom. The zero-order valence-electron chi connectivity index (χ0n) is 18.7. The number of hydrogen-bond donors (Lipinski definition) is 1. The summed E-state index contributed by atoms with van der Waals surface area (Å²) < 4.78 is 11.0. The molecule has 1 N–H and O–H groups in total. The van der Waals surface area contributed by atoms with Gasteiger partial charge in [-0.25, -0.2) is 4.79 Å². The summed E-state index contributed by atoms with van der Waals surface area (Å²) >= 11 is 0. The molecule has 32 heavy (non-hydrogen) atoms. The van der Waals surface area contributed by atoms with E-state index in [9.17, 15) is 9.59 Å². The molecule has 6 nitrogen and oxygen atoms in total. The lowest BCUT2D eigenvalue weighted by Crippen LogP contribution is -2.51. The monoisotopic (exact) mass is 434 g/mol. The highest BCUT2D eigenvalue weighted by atomic mass is 16.5. The lowest BCUT2D eigenvalue weighted by Gasteiger charge is -2.44. The number of ether oxygens (including phenoxy) is 2. The van der Waals surface area contributed by atoms with E-state index in [0.717, 1.165) is 50.1 Å². The highest BCUT2D eigenvalue weighted by Gasteiger charge is 2.42. The Morgan fingerprint density at radius 3 is 2.62 bits per heavy atom. The number of likely N-dealkylation sites (tertiary alicyclic amines) is 1. The van der Waals surface area contributed by atoms with Crippen molar-refractivity contribution >= 4 is 23.5 Å². The van der Waals surface area contributed by atoms with Gasteiger partial charge in [-0.3, -0.25) is 4.79 Å². The van der Waals surface area contributed by atoms with Gasteiger partial charge >= 0.3 is 5.97 Å². The van der Waals surface area contributed by atoms with Crippen LogP contribution in [0, 0.1) is 0 Å². The molecule has 0 radical (unpaired) electrons. The van der Waals surface area contributed by atoms with Crippen molar-refractivity contribution < 1.29 is 19.1 Å². The molecular formula is C26H30N2O4. The van der Waals surface area contributed by atoms with Gasteiger partial charge < -0.3 is 19.7 Å². The van der Waals surface area contributed by atoms with E-state index in [-0.39, 0.29) is 5.78 Å². The van der Waals surface area contributed by atoms with Crippen molar-refractivity contribution in [1.29, 1.82) is 0 Å². The number of Topliss-reactive ketones (excluding diaryl/α,β-unsaturated/α-hetero) is 1. The average Bonchev–Trinajstić information content (AvgIpc) is 2.82. The molecule has 2 aromatic rings. The van der Waals surface area contributed by atoms with Crippen LogP contribution >= 0.6 is 0 Å². The highest BCUT2D eigenvalue weighted by Crippen LogP contribution is 2.39. The average molecular weight is 435 g/mol. The number of methoxy groups -OCH3 is 1. The fourth-order valence-corrected chi connectivity index (χ4v) is 4.44. The molecule has 0 atom stereocenters. The molecule has 4 rings (SSSR count). The van der Waals surface area contributed by atoms with Crippen LogP contribution in [0.1, 0.15) is 40.7 Å². The topological polar surface area (TPSA) is 67.9 Å². The molecule has 1 fully saturated rings. The molecule has 0 bridgehead atoms. The zero-order chi connectivity index (χ0) is 22.6. The smallest absolute Gasteiger partial charge is 0.330 e. The van der Waals surface area contributed by atoms with Crippen LogP contribution in [0.2, 0.25) is 0 Å². The molecule has 6 heteroatoms. The maximum Gasteiger partial charge on any atom is 0.330 e. The van der Waals surface area contributed by atoms with Crippen LogP contribution in [0.4, 0.5) is 5.69 Å². The largest absolute Gasteiger partial charge is 0.486 e. The molecule has 168 valence electrons. The van der Waals surface area contributed by atoms with Crippen LogP contribution in [0.5, 0.6) is 5.75 Å². The lowest BCUT2D eigenvalue weighted by atomic mass is 9.82. The number of benzene rings is 2. The van der Waals surface area contributed by atoms with Crippen LogP contribution in [-0.2, 0) is 16.0 Å². The Labute approximate surface area is 189 Å². The molecule has 0 aliphatic carbocycles. The number of esters is 1. The number of fused-ring (bicyclic) bond motifs is 1. The first-order valence-corrected chi connectivity index (χ1v) is 11.1. The van der Waals surface area contributed by atoms with Crippen LogP contribution in [0.15, 0.2) is 48.5 Å². The van der Waals surface area contributed by atoms with E-state index in [4.69, 9.17) is 4.74 Å². The number of ketones is 1. The van der Waals surface area contributed by atoms with Gasteiger partial charge in [0.05, 0.1) is 19.1 Å². The van der Waals surface area contributed by atoms with Gasteiger partial charge in [-0.2, -0.15) is 0 Å². The minimum absolute atomic E-state index is 0.109. The molecule has 0 unspecified atom stereocenters. The van der Waals surface area contributed by atoms with Crippen molar-refractivity contribution in [2.75, 3.05) is 39.1 Å². The summed E-state index contributed by atoms with van der Waals surface area (Å²) in [4.78, 5) is 26.7. The van der Waals surface area contributed by atoms with Crippen molar-refractivity contribution in [2.45, 2.75) is 31.3 Å². The van der Waals surface area contributed by atoms with Gasteiger partial charge in [-0.1, -0.05) is 18.2 Å². The molecule has 0 aromatic heterocycles. The standard InChI is InChI=1S/C26H30N2O4/c1-27-21-7-3-19(4-8-21)11-14-28-15-12-26(13-16-28)18-23(29)22-17-20(5-9-24(22)32-26)6-10-25(30)31-2/h3-10,17,27H,11-16,18H2,1-2H3. The lowest BCUT2D eigenvalue weighted by molar-refractivity contribution is -0.134. The molecule has 1 saturated heterocycles. The third-order valence-electron chi connectivity index (χ3n) is 6.45. The van der Waals surface area contributed by atoms with Crippen LogP contribution in [0.3, 0.4) is 0 Å². The molecule has 0 saturated carbocycles. The summed E-state index contributed by atoms with van der Waals surface area (Å²) in [6.07, 6.45) is 6.11. The minimum Gasteiger partial charge on any atom is -0.486 e. The van der Waals surface area contributed by atoms with Crippen molar-refractivity contribution in [3.8, 4) is 5.75 Å². The first-order valence-electron chi connectivity index (χ1n) is 11.1. The summed E-state index contributed by atoms with van der Waals surface area (Å²) in [5.41, 5.74) is 3.42. The first-order chi connectivity index (χ1) is 15.5. The van der Waals surface area contributed by atoms with Gasteiger partial charge in [-0.15, -0.1) is 0 Å². The van der Waals surface area contributed by atoms with Crippen molar-refractivity contribution in [1.82, 2.24) is 4.90 Å². The van der Waals surface area contributed by atoms with E-state index in [1.807, 2.05) is 19.2 Å². The third-order valence-corrected chi connectivity index (χ3v) is 6.45. The van der Waals surface area contributed by atoms with Crippen LogP contribution < -0.4 is 10.1 Å². The van der Waals surface area contributed by atoms with Crippen molar-refractivity contribution in [3.05, 3.63) is 65.2 Å². The highest BCUT2D eigenvalue weighted by molar-refractivity contribution is 6.01. The Bertz CT molecular complexity index is 1000. The van der Waals surface area contributed by atoms with E-state index < -0.39 is 11.6 Å². The normalized spacial score (nSPS) is 17.8. The number of carbonyl (C=O) groups is 2. The Hall–Kier alpha value is -3.12. The second-order valence-corrected chi connectivity index (χ2v) is 8.54. The predicted octanol–water partition coefficient (Wildman–Crippen LogP) is 3.96. The Balaban J connectivity index is 1.35. The van der Waals surface area contributed by atoms with E-state index in [2.05, 4.69) is 39.2 Å². The molecular weight excluding hydrogens is 404 g/mol. The number of hydrogen-bond acceptors (Lipinski definition) is 6. The zero-order valence-corrected chi connectivity index (χ0v) is 18.7. The number of nitrogens with one attached hydrogen (secondary N) is 1. The molecule has 2 aliphatic rings. The van der Waals surface area contributed by atoms with Crippen molar-refractivity contribution in [3.63, 3.8) is 0 Å². The fraction of sp³-hybridized carbons (Fsp3) is 0.385. The summed E-state index contributed by atoms with van der Waals surface area (Å²) in [6, 6.07) is 14.0. The van der Waals surface area contributed by atoms with Crippen LogP contribution in [0.25, 0.3) is 6.08 Å². The number of carbonyl (C=O) groups excluding carboxylic acids is 2. The van der Waals surface area contributed by atoms with Gasteiger partial charge in [0.25, 0.3) is 0 Å². The minimum atomic E-state index is -0.425. The summed E-state index contributed by atoms with van der Waals surface area (Å²) in [5.74, 6) is 0.332. The molecule has 2 aliphatic heterocycles. The molecule has 2 heterocycles. The number of piperidine rings is 1. The maximum atomic E-state index is 12.9.